The first kappa shape index (κ1) is 12.6. The molecule has 0 aromatic carbocycles. The molecule has 2 nitrogen and oxygen atoms in total. The van der Waals surface area contributed by atoms with Gasteiger partial charge in [0, 0.05) is 24.0 Å². The van der Waals surface area contributed by atoms with Crippen LogP contribution in [-0.2, 0) is 6.54 Å². The highest BCUT2D eigenvalue weighted by Crippen LogP contribution is 2.27. The summed E-state index contributed by atoms with van der Waals surface area (Å²) in [5.74, 6) is 0.833. The maximum Gasteiger partial charge on any atom is 0.0701 e. The minimum atomic E-state index is 0.574. The van der Waals surface area contributed by atoms with E-state index in [0.29, 0.717) is 6.04 Å². The van der Waals surface area contributed by atoms with E-state index in [1.165, 1.54) is 28.0 Å². The normalized spacial score (nSPS) is 27.2. The van der Waals surface area contributed by atoms with Crippen LogP contribution in [0.15, 0.2) is 15.9 Å². The molecule has 0 radical (unpaired) electrons. The van der Waals surface area contributed by atoms with Gasteiger partial charge in [-0.15, -0.1) is 11.3 Å². The quantitative estimate of drug-likeness (QED) is 0.930. The maximum absolute atomic E-state index is 5.87. The Morgan fingerprint density at radius 2 is 2.38 bits per heavy atom. The van der Waals surface area contributed by atoms with Crippen LogP contribution in [0.2, 0.25) is 0 Å². The Labute approximate surface area is 110 Å². The van der Waals surface area contributed by atoms with Crippen molar-refractivity contribution in [1.29, 1.82) is 0 Å². The van der Waals surface area contributed by atoms with Gasteiger partial charge in [0.15, 0.2) is 0 Å². The molecule has 2 unspecified atom stereocenters. The summed E-state index contributed by atoms with van der Waals surface area (Å²) in [7, 11) is 0. The molecule has 0 bridgehead atoms. The summed E-state index contributed by atoms with van der Waals surface area (Å²) < 4.78 is 1.22. The Kier molecular flexibility index (Phi) is 4.41. The molecule has 0 spiro atoms. The molecule has 0 amide bonds. The molecule has 1 aromatic rings. The summed E-state index contributed by atoms with van der Waals surface area (Å²) >= 11 is 5.34. The van der Waals surface area contributed by atoms with Crippen LogP contribution >= 0.6 is 27.3 Å². The molecule has 1 aliphatic heterocycles. The van der Waals surface area contributed by atoms with Crippen LogP contribution in [0.25, 0.3) is 0 Å². The van der Waals surface area contributed by atoms with Crippen LogP contribution < -0.4 is 5.73 Å². The van der Waals surface area contributed by atoms with E-state index in [1.54, 1.807) is 0 Å². The molecular formula is C12H19BrN2S. The second kappa shape index (κ2) is 5.63. The minimum absolute atomic E-state index is 0.574. The third-order valence-electron chi connectivity index (χ3n) is 3.36. The monoisotopic (exact) mass is 302 g/mol. The molecule has 90 valence electrons. The lowest BCUT2D eigenvalue weighted by atomic mass is 9.92. The molecule has 2 atom stereocenters. The summed E-state index contributed by atoms with van der Waals surface area (Å²) in [6, 6.07) is 4.91. The predicted octanol–water partition coefficient (Wildman–Crippen LogP) is 3.07. The second-order valence-corrected chi connectivity index (χ2v) is 7.24. The highest BCUT2D eigenvalue weighted by molar-refractivity contribution is 9.11. The summed E-state index contributed by atoms with van der Waals surface area (Å²) in [6.07, 6.45) is 2.56. The lowest BCUT2D eigenvalue weighted by Crippen LogP contribution is -2.45. The van der Waals surface area contributed by atoms with Gasteiger partial charge in [-0.05, 0) is 53.4 Å². The summed E-state index contributed by atoms with van der Waals surface area (Å²) in [5, 5.41) is 0. The molecule has 1 aliphatic rings. The van der Waals surface area contributed by atoms with E-state index in [0.717, 1.165) is 19.0 Å². The highest BCUT2D eigenvalue weighted by Gasteiger charge is 2.25. The largest absolute Gasteiger partial charge is 0.329 e. The predicted molar refractivity (Wildman–Crippen MR) is 73.7 cm³/mol. The first-order valence-corrected chi connectivity index (χ1v) is 7.48. The van der Waals surface area contributed by atoms with Gasteiger partial charge in [0.25, 0.3) is 0 Å². The average Bonchev–Trinajstić information content (AvgIpc) is 2.67. The van der Waals surface area contributed by atoms with Crippen LogP contribution in [0.4, 0.5) is 0 Å². The zero-order valence-electron chi connectivity index (χ0n) is 9.66. The summed E-state index contributed by atoms with van der Waals surface area (Å²) in [4.78, 5) is 3.97. The Bertz CT molecular complexity index is 340. The second-order valence-electron chi connectivity index (χ2n) is 4.70. The minimum Gasteiger partial charge on any atom is -0.329 e. The lowest BCUT2D eigenvalue weighted by Gasteiger charge is -2.37. The fourth-order valence-corrected chi connectivity index (χ4v) is 3.90. The van der Waals surface area contributed by atoms with E-state index >= 15 is 0 Å². The van der Waals surface area contributed by atoms with Crippen LogP contribution in [-0.4, -0.2) is 24.0 Å². The number of nitrogens with two attached hydrogens (primary N) is 1. The van der Waals surface area contributed by atoms with Crippen molar-refractivity contribution in [3.63, 3.8) is 0 Å². The molecule has 1 saturated heterocycles. The van der Waals surface area contributed by atoms with E-state index in [-0.39, 0.29) is 0 Å². The Balaban J connectivity index is 1.97. The Morgan fingerprint density at radius 3 is 3.00 bits per heavy atom. The number of thiophene rings is 1. The third kappa shape index (κ3) is 3.06. The van der Waals surface area contributed by atoms with E-state index in [2.05, 4.69) is 39.9 Å². The van der Waals surface area contributed by atoms with Gasteiger partial charge in [0.1, 0.15) is 0 Å². The molecule has 16 heavy (non-hydrogen) atoms. The Hall–Kier alpha value is 0.1000. The number of likely N-dealkylation sites (tertiary alicyclic amines) is 1. The smallest absolute Gasteiger partial charge is 0.0701 e. The van der Waals surface area contributed by atoms with Crippen molar-refractivity contribution in [2.24, 2.45) is 11.7 Å². The lowest BCUT2D eigenvalue weighted by molar-refractivity contribution is 0.116. The van der Waals surface area contributed by atoms with Gasteiger partial charge in [-0.25, -0.2) is 0 Å². The number of halogens is 1. The van der Waals surface area contributed by atoms with Crippen molar-refractivity contribution in [1.82, 2.24) is 4.90 Å². The molecule has 2 rings (SSSR count). The van der Waals surface area contributed by atoms with E-state index in [1.807, 2.05) is 11.3 Å². The fourth-order valence-electron chi connectivity index (χ4n) is 2.39. The molecule has 4 heteroatoms. The van der Waals surface area contributed by atoms with Crippen LogP contribution in [0.5, 0.6) is 0 Å². The van der Waals surface area contributed by atoms with Crippen molar-refractivity contribution in [3.05, 3.63) is 20.8 Å². The number of hydrogen-bond acceptors (Lipinski definition) is 3. The number of hydrogen-bond donors (Lipinski definition) is 1. The van der Waals surface area contributed by atoms with E-state index in [9.17, 15) is 0 Å². The van der Waals surface area contributed by atoms with Gasteiger partial charge >= 0.3 is 0 Å². The van der Waals surface area contributed by atoms with Gasteiger partial charge in [-0.3, -0.25) is 4.90 Å². The van der Waals surface area contributed by atoms with Crippen molar-refractivity contribution >= 4 is 27.3 Å². The summed E-state index contributed by atoms with van der Waals surface area (Å²) in [5.41, 5.74) is 5.87. The van der Waals surface area contributed by atoms with Crippen molar-refractivity contribution < 1.29 is 0 Å². The molecule has 0 saturated carbocycles. The third-order valence-corrected chi connectivity index (χ3v) is 4.97. The molecule has 1 fully saturated rings. The average molecular weight is 303 g/mol. The molecule has 1 aromatic heterocycles. The molecule has 2 N–H and O–H groups in total. The topological polar surface area (TPSA) is 29.3 Å². The van der Waals surface area contributed by atoms with Gasteiger partial charge < -0.3 is 5.73 Å². The molecular weight excluding hydrogens is 284 g/mol. The van der Waals surface area contributed by atoms with Crippen LogP contribution in [0.1, 0.15) is 24.6 Å². The Morgan fingerprint density at radius 1 is 1.56 bits per heavy atom. The highest BCUT2D eigenvalue weighted by atomic mass is 79.9. The van der Waals surface area contributed by atoms with E-state index in [4.69, 9.17) is 5.73 Å². The van der Waals surface area contributed by atoms with Crippen molar-refractivity contribution in [3.8, 4) is 0 Å². The summed E-state index contributed by atoms with van der Waals surface area (Å²) in [6.45, 7) is 5.38. The van der Waals surface area contributed by atoms with Crippen molar-refractivity contribution in [2.75, 3.05) is 13.1 Å². The fraction of sp³-hybridized carbons (Fsp3) is 0.667. The SMILES string of the molecule is CC1CCN(Cc2ccc(Br)s2)C(CN)C1. The molecule has 0 aliphatic carbocycles. The first-order chi connectivity index (χ1) is 7.69. The zero-order valence-corrected chi connectivity index (χ0v) is 12.1. The van der Waals surface area contributed by atoms with Gasteiger partial charge in [-0.1, -0.05) is 6.92 Å². The van der Waals surface area contributed by atoms with Gasteiger partial charge in [0.05, 0.1) is 3.79 Å². The first-order valence-electron chi connectivity index (χ1n) is 5.87. The van der Waals surface area contributed by atoms with Crippen LogP contribution in [0.3, 0.4) is 0 Å². The van der Waals surface area contributed by atoms with Crippen LogP contribution in [0, 0.1) is 5.92 Å². The van der Waals surface area contributed by atoms with Gasteiger partial charge in [0.2, 0.25) is 0 Å². The van der Waals surface area contributed by atoms with E-state index < -0.39 is 0 Å². The number of nitrogens with zero attached hydrogens (tertiary/aromatic N) is 1. The molecule has 2 heterocycles. The number of rotatable bonds is 3. The zero-order chi connectivity index (χ0) is 11.5. The maximum atomic E-state index is 5.87. The van der Waals surface area contributed by atoms with Crippen molar-refractivity contribution in [2.45, 2.75) is 32.4 Å². The number of piperidine rings is 1. The standard InChI is InChI=1S/C12H19BrN2S/c1-9-4-5-15(10(6-9)7-14)8-11-2-3-12(13)16-11/h2-3,9-10H,4-8,14H2,1H3. The van der Waals surface area contributed by atoms with Gasteiger partial charge in [-0.2, -0.15) is 0 Å².